The Morgan fingerprint density at radius 2 is 1.54 bits per heavy atom. The summed E-state index contributed by atoms with van der Waals surface area (Å²) >= 11 is 0. The number of aliphatic hydroxyl groups excluding tert-OH is 2. The highest BCUT2D eigenvalue weighted by molar-refractivity contribution is 5.66. The predicted molar refractivity (Wildman–Crippen MR) is 103 cm³/mol. The van der Waals surface area contributed by atoms with Crippen LogP contribution in [0.5, 0.6) is 0 Å². The van der Waals surface area contributed by atoms with Crippen molar-refractivity contribution in [1.29, 1.82) is 0 Å². The highest BCUT2D eigenvalue weighted by atomic mass is 16.4. The Balaban J connectivity index is 2.37. The van der Waals surface area contributed by atoms with Crippen LogP contribution in [0.2, 0.25) is 0 Å². The summed E-state index contributed by atoms with van der Waals surface area (Å²) in [6.07, 6.45) is 9.62. The number of carbonyl (C=O) groups is 1. The molecule has 0 aromatic heterocycles. The summed E-state index contributed by atoms with van der Waals surface area (Å²) in [5.74, 6) is -0.594. The number of carboxylic acid groups (broad SMARTS) is 1. The van der Waals surface area contributed by atoms with Crippen LogP contribution >= 0.6 is 0 Å². The Labute approximate surface area is 158 Å². The monoisotopic (exact) mass is 372 g/mol. The summed E-state index contributed by atoms with van der Waals surface area (Å²) in [7, 11) is 0. The van der Waals surface area contributed by atoms with Gasteiger partial charge in [0.1, 0.15) is 0 Å². The number of hydrogen-bond donors (Lipinski definition) is 4. The summed E-state index contributed by atoms with van der Waals surface area (Å²) in [5, 5.41) is 39.9. The molecule has 0 bridgehead atoms. The minimum absolute atomic E-state index is 0.0571. The first-order valence-corrected chi connectivity index (χ1v) is 10.6. The fourth-order valence-corrected chi connectivity index (χ4v) is 4.35. The van der Waals surface area contributed by atoms with Crippen molar-refractivity contribution in [2.45, 2.75) is 115 Å². The smallest absolute Gasteiger partial charge is 0.303 e. The van der Waals surface area contributed by atoms with Crippen molar-refractivity contribution in [3.8, 4) is 0 Å². The van der Waals surface area contributed by atoms with Gasteiger partial charge in [-0.3, -0.25) is 4.79 Å². The molecule has 0 amide bonds. The second kappa shape index (κ2) is 11.9. The summed E-state index contributed by atoms with van der Waals surface area (Å²) in [5.41, 5.74) is -0.691. The molecule has 4 N–H and O–H groups in total. The zero-order valence-corrected chi connectivity index (χ0v) is 16.7. The van der Waals surface area contributed by atoms with Crippen LogP contribution < -0.4 is 0 Å². The SMILES string of the molecule is CCCCC[C@](C)(O)CC[C@@H]1[C@@H](CCCCCCC(=O)O)[C@@H](O)C[C@H]1O. The predicted octanol–water partition coefficient (Wildman–Crippen LogP) is 3.88. The molecule has 0 heterocycles. The lowest BCUT2D eigenvalue weighted by Crippen LogP contribution is -2.29. The number of rotatable bonds is 14. The molecule has 1 aliphatic rings. The molecule has 1 saturated carbocycles. The van der Waals surface area contributed by atoms with Crippen LogP contribution in [-0.4, -0.2) is 44.2 Å². The Kier molecular flexibility index (Phi) is 10.7. The Bertz CT molecular complexity index is 396. The molecule has 0 aliphatic heterocycles. The van der Waals surface area contributed by atoms with Gasteiger partial charge in [-0.05, 0) is 57.3 Å². The van der Waals surface area contributed by atoms with Crippen molar-refractivity contribution in [2.24, 2.45) is 11.8 Å². The van der Waals surface area contributed by atoms with Gasteiger partial charge in [-0.15, -0.1) is 0 Å². The number of carboxylic acids is 1. The van der Waals surface area contributed by atoms with E-state index in [2.05, 4.69) is 6.92 Å². The summed E-state index contributed by atoms with van der Waals surface area (Å²) in [4.78, 5) is 10.5. The average Bonchev–Trinajstić information content (AvgIpc) is 2.82. The van der Waals surface area contributed by atoms with Crippen LogP contribution in [0.3, 0.4) is 0 Å². The summed E-state index contributed by atoms with van der Waals surface area (Å²) in [6, 6.07) is 0. The first kappa shape index (κ1) is 23.4. The lowest BCUT2D eigenvalue weighted by atomic mass is 9.82. The van der Waals surface area contributed by atoms with Gasteiger partial charge in [0.15, 0.2) is 0 Å². The van der Waals surface area contributed by atoms with Gasteiger partial charge >= 0.3 is 5.97 Å². The first-order chi connectivity index (χ1) is 12.3. The molecular formula is C21H40O5. The molecule has 5 atom stereocenters. The molecule has 0 radical (unpaired) electrons. The van der Waals surface area contributed by atoms with Gasteiger partial charge in [-0.1, -0.05) is 45.4 Å². The third kappa shape index (κ3) is 8.83. The van der Waals surface area contributed by atoms with Crippen molar-refractivity contribution >= 4 is 5.97 Å². The van der Waals surface area contributed by atoms with Crippen LogP contribution in [0.1, 0.15) is 97.3 Å². The molecule has 5 nitrogen and oxygen atoms in total. The van der Waals surface area contributed by atoms with Crippen LogP contribution in [-0.2, 0) is 4.79 Å². The minimum atomic E-state index is -0.745. The normalized spacial score (nSPS) is 28.2. The van der Waals surface area contributed by atoms with E-state index in [1.807, 2.05) is 6.92 Å². The van der Waals surface area contributed by atoms with Gasteiger partial charge in [-0.25, -0.2) is 0 Å². The van der Waals surface area contributed by atoms with E-state index in [1.165, 1.54) is 0 Å². The molecule has 26 heavy (non-hydrogen) atoms. The third-order valence-electron chi connectivity index (χ3n) is 6.03. The molecule has 5 heteroatoms. The largest absolute Gasteiger partial charge is 0.481 e. The van der Waals surface area contributed by atoms with E-state index in [-0.39, 0.29) is 18.3 Å². The molecular weight excluding hydrogens is 332 g/mol. The van der Waals surface area contributed by atoms with E-state index < -0.39 is 23.8 Å². The van der Waals surface area contributed by atoms with Crippen LogP contribution in [0.25, 0.3) is 0 Å². The van der Waals surface area contributed by atoms with E-state index in [4.69, 9.17) is 5.11 Å². The maximum atomic E-state index is 10.6. The molecule has 1 aliphatic carbocycles. The van der Waals surface area contributed by atoms with Crippen LogP contribution in [0.4, 0.5) is 0 Å². The molecule has 0 aromatic rings. The zero-order chi connectivity index (χ0) is 19.6. The van der Waals surface area contributed by atoms with Gasteiger partial charge in [0.25, 0.3) is 0 Å². The van der Waals surface area contributed by atoms with Crippen molar-refractivity contribution in [2.75, 3.05) is 0 Å². The van der Waals surface area contributed by atoms with Gasteiger partial charge in [0, 0.05) is 6.42 Å². The summed E-state index contributed by atoms with van der Waals surface area (Å²) < 4.78 is 0. The fraction of sp³-hybridized carbons (Fsp3) is 0.952. The van der Waals surface area contributed by atoms with Crippen molar-refractivity contribution in [3.63, 3.8) is 0 Å². The Morgan fingerprint density at radius 3 is 2.15 bits per heavy atom. The molecule has 1 fully saturated rings. The molecule has 0 aromatic carbocycles. The van der Waals surface area contributed by atoms with Crippen molar-refractivity contribution in [3.05, 3.63) is 0 Å². The van der Waals surface area contributed by atoms with E-state index in [9.17, 15) is 20.1 Å². The Hall–Kier alpha value is -0.650. The van der Waals surface area contributed by atoms with E-state index in [0.29, 0.717) is 19.3 Å². The second-order valence-corrected chi connectivity index (χ2v) is 8.54. The van der Waals surface area contributed by atoms with Crippen LogP contribution in [0.15, 0.2) is 0 Å². The first-order valence-electron chi connectivity index (χ1n) is 10.6. The van der Waals surface area contributed by atoms with Crippen LogP contribution in [0, 0.1) is 11.8 Å². The molecule has 0 saturated heterocycles. The lowest BCUT2D eigenvalue weighted by molar-refractivity contribution is -0.137. The Morgan fingerprint density at radius 1 is 0.923 bits per heavy atom. The highest BCUT2D eigenvalue weighted by Crippen LogP contribution is 2.40. The minimum Gasteiger partial charge on any atom is -0.481 e. The van der Waals surface area contributed by atoms with Crippen molar-refractivity contribution in [1.82, 2.24) is 0 Å². The van der Waals surface area contributed by atoms with Gasteiger partial charge < -0.3 is 20.4 Å². The molecule has 154 valence electrons. The molecule has 0 spiro atoms. The van der Waals surface area contributed by atoms with Crippen molar-refractivity contribution < 1.29 is 25.2 Å². The van der Waals surface area contributed by atoms with E-state index in [0.717, 1.165) is 57.8 Å². The zero-order valence-electron chi connectivity index (χ0n) is 16.7. The highest BCUT2D eigenvalue weighted by Gasteiger charge is 2.41. The quantitative estimate of drug-likeness (QED) is 0.347. The van der Waals surface area contributed by atoms with Gasteiger partial charge in [0.2, 0.25) is 0 Å². The standard InChI is InChI=1S/C21H40O5/c1-3-4-9-13-21(2,26)14-12-17-16(18(22)15-19(17)23)10-7-5-6-8-11-20(24)25/h16-19,22-23,26H,3-15H2,1-2H3,(H,24,25)/t16-,17-,18+,19-,21+/m1/s1. The molecule has 1 rings (SSSR count). The number of aliphatic hydroxyl groups is 3. The maximum Gasteiger partial charge on any atom is 0.303 e. The number of unbranched alkanes of at least 4 members (excludes halogenated alkanes) is 5. The van der Waals surface area contributed by atoms with Gasteiger partial charge in [-0.2, -0.15) is 0 Å². The van der Waals surface area contributed by atoms with E-state index >= 15 is 0 Å². The topological polar surface area (TPSA) is 98.0 Å². The second-order valence-electron chi connectivity index (χ2n) is 8.54. The molecule has 0 unspecified atom stereocenters. The lowest BCUT2D eigenvalue weighted by Gasteiger charge is -2.29. The number of hydrogen-bond acceptors (Lipinski definition) is 4. The maximum absolute atomic E-state index is 10.6. The van der Waals surface area contributed by atoms with E-state index in [1.54, 1.807) is 0 Å². The van der Waals surface area contributed by atoms with Gasteiger partial charge in [0.05, 0.1) is 17.8 Å². The third-order valence-corrected chi connectivity index (χ3v) is 6.03. The number of aliphatic carboxylic acids is 1. The fourth-order valence-electron chi connectivity index (χ4n) is 4.35. The average molecular weight is 373 g/mol. The summed E-state index contributed by atoms with van der Waals surface area (Å²) in [6.45, 7) is 4.04.